The maximum Gasteiger partial charge on any atom is 0.226 e. The molecule has 0 aliphatic carbocycles. The van der Waals surface area contributed by atoms with E-state index in [9.17, 15) is 17.6 Å². The molecule has 142 valence electrons. The van der Waals surface area contributed by atoms with Crippen LogP contribution in [0.1, 0.15) is 12.8 Å². The Morgan fingerprint density at radius 2 is 1.96 bits per heavy atom. The third kappa shape index (κ3) is 4.61. The number of fused-ring (bicyclic) bond motifs is 1. The van der Waals surface area contributed by atoms with Crippen LogP contribution in [0.25, 0.3) is 10.2 Å². The first-order valence-corrected chi connectivity index (χ1v) is 10.6. The zero-order chi connectivity index (χ0) is 19.4. The molecule has 6 nitrogen and oxygen atoms in total. The summed E-state index contributed by atoms with van der Waals surface area (Å²) in [4.78, 5) is 16.5. The van der Waals surface area contributed by atoms with Gasteiger partial charge in [0.2, 0.25) is 5.91 Å². The van der Waals surface area contributed by atoms with Gasteiger partial charge in [-0.25, -0.2) is 17.8 Å². The van der Waals surface area contributed by atoms with Crippen LogP contribution in [-0.4, -0.2) is 32.2 Å². The molecule has 0 saturated carbocycles. The van der Waals surface area contributed by atoms with Crippen molar-refractivity contribution in [1.82, 2.24) is 4.98 Å². The summed E-state index contributed by atoms with van der Waals surface area (Å²) in [5, 5.41) is 3.12. The van der Waals surface area contributed by atoms with E-state index in [-0.39, 0.29) is 29.4 Å². The molecule has 0 spiro atoms. The lowest BCUT2D eigenvalue weighted by Gasteiger charge is -2.04. The number of sulfone groups is 1. The molecule has 1 amide bonds. The molecule has 3 aromatic rings. The number of ether oxygens (including phenoxy) is 1. The second kappa shape index (κ2) is 8.01. The Kier molecular flexibility index (Phi) is 5.71. The number of aromatic nitrogens is 1. The number of halogens is 1. The first-order valence-electron chi connectivity index (χ1n) is 8.11. The fraction of sp³-hybridized carbons (Fsp3) is 0.222. The molecule has 0 unspecified atom stereocenters. The van der Waals surface area contributed by atoms with E-state index in [1.165, 1.54) is 23.5 Å². The van der Waals surface area contributed by atoms with Gasteiger partial charge < -0.3 is 10.1 Å². The summed E-state index contributed by atoms with van der Waals surface area (Å²) >= 11 is 1.32. The predicted octanol–water partition coefficient (Wildman–Crippen LogP) is 3.64. The first-order chi connectivity index (χ1) is 12.9. The van der Waals surface area contributed by atoms with Gasteiger partial charge in [-0.3, -0.25) is 4.79 Å². The van der Waals surface area contributed by atoms with Crippen molar-refractivity contribution in [3.05, 3.63) is 48.3 Å². The van der Waals surface area contributed by atoms with E-state index >= 15 is 0 Å². The topological polar surface area (TPSA) is 85.4 Å². The minimum absolute atomic E-state index is 0.0352. The summed E-state index contributed by atoms with van der Waals surface area (Å²) in [5.41, 5.74) is 0.666. The van der Waals surface area contributed by atoms with Crippen molar-refractivity contribution in [2.24, 2.45) is 0 Å². The average Bonchev–Trinajstić information content (AvgIpc) is 3.04. The molecule has 9 heteroatoms. The quantitative estimate of drug-likeness (QED) is 0.604. The number of methoxy groups -OCH3 is 1. The average molecular weight is 408 g/mol. The second-order valence-corrected chi connectivity index (χ2v) is 8.89. The van der Waals surface area contributed by atoms with E-state index in [2.05, 4.69) is 10.3 Å². The van der Waals surface area contributed by atoms with Crippen molar-refractivity contribution in [1.29, 1.82) is 0 Å². The predicted molar refractivity (Wildman–Crippen MR) is 102 cm³/mol. The van der Waals surface area contributed by atoms with Gasteiger partial charge in [-0.15, -0.1) is 0 Å². The van der Waals surface area contributed by atoms with Crippen LogP contribution in [0.5, 0.6) is 5.75 Å². The molecule has 1 heterocycles. The third-order valence-electron chi connectivity index (χ3n) is 3.84. The largest absolute Gasteiger partial charge is 0.494 e. The number of hydrogen-bond acceptors (Lipinski definition) is 6. The molecule has 3 rings (SSSR count). The van der Waals surface area contributed by atoms with Gasteiger partial charge in [-0.1, -0.05) is 17.4 Å². The molecule has 0 atom stereocenters. The lowest BCUT2D eigenvalue weighted by molar-refractivity contribution is -0.116. The standard InChI is InChI=1S/C18H17FN2O4S2/c1-25-14-4-2-5-15-17(14)21-18(26-15)20-16(22)6-3-11-27(23,24)13-9-7-12(19)8-10-13/h2,4-5,7-10H,3,6,11H2,1H3,(H,20,21,22). The van der Waals surface area contributed by atoms with Crippen LogP contribution in [0.15, 0.2) is 47.4 Å². The van der Waals surface area contributed by atoms with Crippen LogP contribution >= 0.6 is 11.3 Å². The van der Waals surface area contributed by atoms with Gasteiger partial charge in [0, 0.05) is 6.42 Å². The Bertz CT molecular complexity index is 1060. The molecule has 27 heavy (non-hydrogen) atoms. The van der Waals surface area contributed by atoms with Gasteiger partial charge >= 0.3 is 0 Å². The number of para-hydroxylation sites is 1. The summed E-state index contributed by atoms with van der Waals surface area (Å²) in [6, 6.07) is 10.1. The van der Waals surface area contributed by atoms with Gasteiger partial charge in [0.1, 0.15) is 17.1 Å². The number of amides is 1. The highest BCUT2D eigenvalue weighted by Gasteiger charge is 2.16. The molecule has 0 fully saturated rings. The molecule has 0 radical (unpaired) electrons. The molecule has 1 N–H and O–H groups in total. The highest BCUT2D eigenvalue weighted by Crippen LogP contribution is 2.32. The van der Waals surface area contributed by atoms with Crippen LogP contribution < -0.4 is 10.1 Å². The zero-order valence-corrected chi connectivity index (χ0v) is 16.1. The highest BCUT2D eigenvalue weighted by atomic mass is 32.2. The number of carbonyl (C=O) groups excluding carboxylic acids is 1. The maximum absolute atomic E-state index is 12.9. The number of rotatable bonds is 7. The van der Waals surface area contributed by atoms with E-state index in [4.69, 9.17) is 4.74 Å². The van der Waals surface area contributed by atoms with Crippen LogP contribution in [0, 0.1) is 5.82 Å². The van der Waals surface area contributed by atoms with E-state index in [0.717, 1.165) is 16.8 Å². The smallest absolute Gasteiger partial charge is 0.226 e. The SMILES string of the molecule is COc1cccc2sc(NC(=O)CCCS(=O)(=O)c3ccc(F)cc3)nc12. The van der Waals surface area contributed by atoms with Crippen molar-refractivity contribution in [3.63, 3.8) is 0 Å². The summed E-state index contributed by atoms with van der Waals surface area (Å²) in [6.07, 6.45) is 0.188. The Labute approximate surface area is 159 Å². The van der Waals surface area contributed by atoms with E-state index < -0.39 is 15.7 Å². The highest BCUT2D eigenvalue weighted by molar-refractivity contribution is 7.91. The van der Waals surface area contributed by atoms with Gasteiger partial charge in [0.25, 0.3) is 0 Å². The maximum atomic E-state index is 12.9. The lowest BCUT2D eigenvalue weighted by Crippen LogP contribution is -2.14. The lowest BCUT2D eigenvalue weighted by atomic mass is 10.3. The van der Waals surface area contributed by atoms with Crippen LogP contribution in [0.3, 0.4) is 0 Å². The second-order valence-electron chi connectivity index (χ2n) is 5.75. The molecule has 0 bridgehead atoms. The Hall–Kier alpha value is -2.52. The number of benzene rings is 2. The fourth-order valence-electron chi connectivity index (χ4n) is 2.51. The molecular formula is C18H17FN2O4S2. The summed E-state index contributed by atoms with van der Waals surface area (Å²) in [5.74, 6) is -0.391. The van der Waals surface area contributed by atoms with Crippen LogP contribution in [-0.2, 0) is 14.6 Å². The molecule has 0 aliphatic rings. The van der Waals surface area contributed by atoms with Crippen molar-refractivity contribution < 1.29 is 22.3 Å². The van der Waals surface area contributed by atoms with Crippen LogP contribution in [0.4, 0.5) is 9.52 Å². The van der Waals surface area contributed by atoms with Crippen molar-refractivity contribution in [2.75, 3.05) is 18.2 Å². The zero-order valence-electron chi connectivity index (χ0n) is 14.4. The Morgan fingerprint density at radius 1 is 1.22 bits per heavy atom. The van der Waals surface area contributed by atoms with E-state index in [1.54, 1.807) is 13.2 Å². The first kappa shape index (κ1) is 19.2. The molecular weight excluding hydrogens is 391 g/mol. The van der Waals surface area contributed by atoms with Gasteiger partial charge in [-0.05, 0) is 42.8 Å². The third-order valence-corrected chi connectivity index (χ3v) is 6.59. The number of carbonyl (C=O) groups is 1. The minimum Gasteiger partial charge on any atom is -0.494 e. The molecule has 2 aromatic carbocycles. The normalized spacial score (nSPS) is 11.5. The van der Waals surface area contributed by atoms with Crippen molar-refractivity contribution >= 4 is 42.4 Å². The summed E-state index contributed by atoms with van der Waals surface area (Å²) < 4.78 is 43.4. The molecule has 0 aliphatic heterocycles. The Balaban J connectivity index is 1.58. The fourth-order valence-corrected chi connectivity index (χ4v) is 4.72. The summed E-state index contributed by atoms with van der Waals surface area (Å²) in [6.45, 7) is 0. The van der Waals surface area contributed by atoms with Gasteiger partial charge in [0.05, 0.1) is 22.5 Å². The van der Waals surface area contributed by atoms with Gasteiger partial charge in [0.15, 0.2) is 15.0 Å². The monoisotopic (exact) mass is 408 g/mol. The van der Waals surface area contributed by atoms with Gasteiger partial charge in [-0.2, -0.15) is 0 Å². The van der Waals surface area contributed by atoms with Crippen LogP contribution in [0.2, 0.25) is 0 Å². The summed E-state index contributed by atoms with van der Waals surface area (Å²) in [7, 11) is -2.00. The number of hydrogen-bond donors (Lipinski definition) is 1. The number of nitrogens with zero attached hydrogens (tertiary/aromatic N) is 1. The Morgan fingerprint density at radius 3 is 2.67 bits per heavy atom. The van der Waals surface area contributed by atoms with E-state index in [1.807, 2.05) is 12.1 Å². The minimum atomic E-state index is -3.55. The number of thiazole rings is 1. The number of nitrogens with one attached hydrogen (secondary N) is 1. The van der Waals surface area contributed by atoms with Crippen molar-refractivity contribution in [3.8, 4) is 5.75 Å². The number of anilines is 1. The van der Waals surface area contributed by atoms with Crippen molar-refractivity contribution in [2.45, 2.75) is 17.7 Å². The molecule has 0 saturated heterocycles. The molecule has 1 aromatic heterocycles. The van der Waals surface area contributed by atoms with E-state index in [0.29, 0.717) is 16.4 Å².